The van der Waals surface area contributed by atoms with Crippen LogP contribution < -0.4 is 28.4 Å². The van der Waals surface area contributed by atoms with Crippen molar-refractivity contribution in [2.45, 2.75) is 99.8 Å². The molecule has 2 N–H and O–H groups in total. The number of aliphatic hydroxyl groups is 2. The quantitative estimate of drug-likeness (QED) is 0.0444. The second-order valence-corrected chi connectivity index (χ2v) is 18.5. The number of hydrogen-bond acceptors (Lipinski definition) is 14. The number of rotatable bonds is 24. The zero-order valence-electron chi connectivity index (χ0n) is 39.3. The fourth-order valence-electron chi connectivity index (χ4n) is 8.72. The molecule has 9 rings (SSSR count). The minimum atomic E-state index is -0.913. The van der Waals surface area contributed by atoms with E-state index in [1.807, 2.05) is 24.3 Å². The third-order valence-corrected chi connectivity index (χ3v) is 13.0. The standard InChI is InChI=1S/C56H62O14/c57-43(29-61-45-17-9-41(10-18-45)55(59)69-51-21-5-39(6-22-51)37-1-13-47(14-2-37)65-33-53-35-67-53)31-63-49-25-27-50(28-26-49)64-32-44(58)30-62-46-19-11-42(12-20-46)56(60)70-52-23-7-40(8-24-52)38-3-15-48(16-4-38)66-34-54-36-68-54/h1-4,9-20,25-28,39-40,43-44,51-54,57-58H,5-8,21-24,29-36H2/t39-,40-,43?,44?,51-,52-,53?,54?. The molecule has 5 aromatic rings. The van der Waals surface area contributed by atoms with E-state index in [4.69, 9.17) is 47.4 Å². The smallest absolute Gasteiger partial charge is 0.338 e. The van der Waals surface area contributed by atoms with Crippen LogP contribution in [0.5, 0.6) is 34.5 Å². The molecule has 0 bridgehead atoms. The third kappa shape index (κ3) is 14.8. The first-order valence-electron chi connectivity index (χ1n) is 24.5. The van der Waals surface area contributed by atoms with E-state index in [1.165, 1.54) is 11.1 Å². The van der Waals surface area contributed by atoms with Crippen LogP contribution in [0.2, 0.25) is 0 Å². The largest absolute Gasteiger partial charge is 0.491 e. The molecule has 4 aliphatic rings. The van der Waals surface area contributed by atoms with Gasteiger partial charge in [-0.25, -0.2) is 9.59 Å². The topological polar surface area (TPSA) is 174 Å². The lowest BCUT2D eigenvalue weighted by molar-refractivity contribution is 0.0186. The molecule has 4 unspecified atom stereocenters. The average molecular weight is 959 g/mol. The van der Waals surface area contributed by atoms with Gasteiger partial charge in [0.25, 0.3) is 0 Å². The van der Waals surface area contributed by atoms with E-state index in [0.29, 0.717) is 59.2 Å². The molecule has 0 aromatic heterocycles. The van der Waals surface area contributed by atoms with Crippen LogP contribution in [0.15, 0.2) is 121 Å². The zero-order valence-corrected chi connectivity index (χ0v) is 39.3. The minimum absolute atomic E-state index is 0.00746. The number of aliphatic hydroxyl groups excluding tert-OH is 2. The number of carbonyl (C=O) groups excluding carboxylic acids is 2. The summed E-state index contributed by atoms with van der Waals surface area (Å²) in [4.78, 5) is 25.8. The zero-order chi connectivity index (χ0) is 48.1. The molecule has 370 valence electrons. The van der Waals surface area contributed by atoms with Crippen molar-refractivity contribution in [2.24, 2.45) is 0 Å². The van der Waals surface area contributed by atoms with Gasteiger partial charge in [0.1, 0.15) is 111 Å². The normalized spacial score (nSPS) is 22.4. The number of epoxide rings is 2. The SMILES string of the molecule is O=C(O[C@H]1CC[C@H](c2ccc(OCC3CO3)cc2)CC1)c1ccc(OCC(O)COc2ccc(OCC(O)COc3ccc(C(=O)O[C@H]4CC[C@H](c5ccc(OCC6CO6)cc5)CC4)cc3)cc2)cc1. The summed E-state index contributed by atoms with van der Waals surface area (Å²) in [6, 6.07) is 36.8. The molecule has 2 saturated carbocycles. The van der Waals surface area contributed by atoms with Crippen molar-refractivity contribution >= 4 is 11.9 Å². The molecule has 14 heteroatoms. The fourth-order valence-corrected chi connectivity index (χ4v) is 8.72. The lowest BCUT2D eigenvalue weighted by atomic mass is 9.83. The first-order valence-corrected chi connectivity index (χ1v) is 24.5. The van der Waals surface area contributed by atoms with E-state index in [1.54, 1.807) is 72.8 Å². The van der Waals surface area contributed by atoms with Crippen LogP contribution in [-0.2, 0) is 18.9 Å². The van der Waals surface area contributed by atoms with Gasteiger partial charge >= 0.3 is 11.9 Å². The van der Waals surface area contributed by atoms with Gasteiger partial charge in [0.05, 0.1) is 24.3 Å². The molecule has 5 aromatic carbocycles. The number of esters is 2. The predicted octanol–water partition coefficient (Wildman–Crippen LogP) is 8.65. The third-order valence-electron chi connectivity index (χ3n) is 13.0. The highest BCUT2D eigenvalue weighted by Crippen LogP contribution is 2.37. The van der Waals surface area contributed by atoms with Crippen LogP contribution >= 0.6 is 0 Å². The molecule has 2 aliphatic carbocycles. The summed E-state index contributed by atoms with van der Waals surface area (Å²) in [7, 11) is 0. The molecular weight excluding hydrogens is 897 g/mol. The van der Waals surface area contributed by atoms with Gasteiger partial charge in [-0.15, -0.1) is 0 Å². The van der Waals surface area contributed by atoms with Crippen LogP contribution in [0, 0.1) is 0 Å². The van der Waals surface area contributed by atoms with E-state index in [0.717, 1.165) is 76.1 Å². The Morgan fingerprint density at radius 2 is 0.686 bits per heavy atom. The van der Waals surface area contributed by atoms with Gasteiger partial charge in [0.15, 0.2) is 0 Å². The molecule has 2 saturated heterocycles. The maximum atomic E-state index is 12.9. The number of carbonyl (C=O) groups is 2. The Morgan fingerprint density at radius 1 is 0.414 bits per heavy atom. The van der Waals surface area contributed by atoms with Crippen LogP contribution in [0.3, 0.4) is 0 Å². The summed E-state index contributed by atoms with van der Waals surface area (Å²) in [5.74, 6) is 3.90. The van der Waals surface area contributed by atoms with Crippen molar-refractivity contribution in [3.05, 3.63) is 144 Å². The Balaban J connectivity index is 0.605. The van der Waals surface area contributed by atoms with Crippen molar-refractivity contribution in [3.8, 4) is 34.5 Å². The summed E-state index contributed by atoms with van der Waals surface area (Å²) in [6.45, 7) is 2.69. The summed E-state index contributed by atoms with van der Waals surface area (Å²) in [5.41, 5.74) is 3.44. The number of benzene rings is 5. The maximum Gasteiger partial charge on any atom is 0.338 e. The molecule has 14 nitrogen and oxygen atoms in total. The number of ether oxygens (including phenoxy) is 10. The maximum absolute atomic E-state index is 12.9. The van der Waals surface area contributed by atoms with Crippen molar-refractivity contribution in [1.29, 1.82) is 0 Å². The minimum Gasteiger partial charge on any atom is -0.491 e. The van der Waals surface area contributed by atoms with Gasteiger partial charge in [-0.1, -0.05) is 24.3 Å². The molecule has 0 radical (unpaired) electrons. The van der Waals surface area contributed by atoms with Crippen molar-refractivity contribution in [3.63, 3.8) is 0 Å². The molecule has 2 heterocycles. The van der Waals surface area contributed by atoms with Gasteiger partial charge in [0, 0.05) is 0 Å². The summed E-state index contributed by atoms with van der Waals surface area (Å²) < 4.78 is 56.6. The van der Waals surface area contributed by atoms with Gasteiger partial charge in [0.2, 0.25) is 0 Å². The predicted molar refractivity (Wildman–Crippen MR) is 257 cm³/mol. The molecule has 70 heavy (non-hydrogen) atoms. The van der Waals surface area contributed by atoms with Crippen molar-refractivity contribution in [1.82, 2.24) is 0 Å². The van der Waals surface area contributed by atoms with Gasteiger partial charge in [-0.2, -0.15) is 0 Å². The Bertz CT molecular complexity index is 2210. The molecule has 4 fully saturated rings. The Morgan fingerprint density at radius 3 is 0.986 bits per heavy atom. The molecule has 0 spiro atoms. The van der Waals surface area contributed by atoms with Crippen molar-refractivity contribution < 1.29 is 67.2 Å². The van der Waals surface area contributed by atoms with E-state index in [9.17, 15) is 19.8 Å². The van der Waals surface area contributed by atoms with Crippen molar-refractivity contribution in [2.75, 3.05) is 52.9 Å². The average Bonchev–Trinajstić information content (AvgIpc) is 4.36. The van der Waals surface area contributed by atoms with Gasteiger partial charge in [-0.3, -0.25) is 0 Å². The lowest BCUT2D eigenvalue weighted by Crippen LogP contribution is -2.25. The molecule has 4 atom stereocenters. The Labute approximate surface area is 408 Å². The number of hydrogen-bond donors (Lipinski definition) is 2. The Hall–Kier alpha value is -6.32. The monoisotopic (exact) mass is 958 g/mol. The van der Waals surface area contributed by atoms with Crippen LogP contribution in [0.25, 0.3) is 0 Å². The molecule has 0 amide bonds. The highest BCUT2D eigenvalue weighted by atomic mass is 16.6. The van der Waals surface area contributed by atoms with Crippen LogP contribution in [-0.4, -0.2) is 112 Å². The Kier molecular flexibility index (Phi) is 16.7. The second-order valence-electron chi connectivity index (χ2n) is 18.5. The second kappa shape index (κ2) is 24.0. The summed E-state index contributed by atoms with van der Waals surface area (Å²) in [6.07, 6.45) is 5.42. The highest BCUT2D eigenvalue weighted by molar-refractivity contribution is 5.90. The van der Waals surface area contributed by atoms with E-state index in [2.05, 4.69) is 24.3 Å². The lowest BCUT2D eigenvalue weighted by Gasteiger charge is -2.28. The summed E-state index contributed by atoms with van der Waals surface area (Å²) in [5, 5.41) is 21.0. The molecule has 2 aliphatic heterocycles. The van der Waals surface area contributed by atoms with E-state index in [-0.39, 0.29) is 62.8 Å². The van der Waals surface area contributed by atoms with E-state index < -0.39 is 12.2 Å². The van der Waals surface area contributed by atoms with E-state index >= 15 is 0 Å². The van der Waals surface area contributed by atoms with Gasteiger partial charge in [-0.05, 0) is 171 Å². The van der Waals surface area contributed by atoms with Crippen LogP contribution in [0.1, 0.15) is 95.0 Å². The molecular formula is C56H62O14. The highest BCUT2D eigenvalue weighted by Gasteiger charge is 2.28. The van der Waals surface area contributed by atoms with Crippen LogP contribution in [0.4, 0.5) is 0 Å². The fraction of sp³-hybridized carbons (Fsp3) is 0.429. The summed E-state index contributed by atoms with van der Waals surface area (Å²) >= 11 is 0. The van der Waals surface area contributed by atoms with Gasteiger partial charge < -0.3 is 57.6 Å². The first kappa shape index (κ1) is 48.7. The first-order chi connectivity index (χ1) is 34.2.